The number of aliphatic hydroxyl groups excluding tert-OH is 6. The molecule has 2 aliphatic heterocycles. The molecule has 1 aromatic rings. The van der Waals surface area contributed by atoms with Crippen LogP contribution in [0.2, 0.25) is 0 Å². The zero-order valence-corrected chi connectivity index (χ0v) is 19.6. The molecular weight excluding hydrogens is 542 g/mol. The number of phosphoric acid groups is 2. The lowest BCUT2D eigenvalue weighted by atomic mass is 10.00. The zero-order chi connectivity index (χ0) is 27.0. The predicted molar refractivity (Wildman–Crippen MR) is 109 cm³/mol. The SMILES string of the molecule is O=c1ccn([C@@H]2O[C@H](COP(=O)(O)OP(=O)(O)O[C@H]3O[C@H](CO)[C@H](O)[C@H](O)[C@@H]3O)[C@@H](O)[C@H]2O)c(=O)[nH]1. The molecule has 3 rings (SSSR count). The number of phosphoric ester groups is 2. The smallest absolute Gasteiger partial charge is 0.394 e. The highest BCUT2D eigenvalue weighted by molar-refractivity contribution is 7.61. The molecule has 19 nitrogen and oxygen atoms in total. The third-order valence-corrected chi connectivity index (χ3v) is 7.76. The van der Waals surface area contributed by atoms with Crippen LogP contribution in [0.1, 0.15) is 6.23 Å². The molecule has 0 bridgehead atoms. The van der Waals surface area contributed by atoms with Gasteiger partial charge < -0.3 is 49.9 Å². The van der Waals surface area contributed by atoms with Gasteiger partial charge in [0.15, 0.2) is 12.5 Å². The lowest BCUT2D eigenvalue weighted by molar-refractivity contribution is -0.280. The predicted octanol–water partition coefficient (Wildman–Crippen LogP) is -4.79. The minimum Gasteiger partial charge on any atom is -0.394 e. The first-order chi connectivity index (χ1) is 16.7. The molecule has 11 atom stereocenters. The molecule has 0 spiro atoms. The van der Waals surface area contributed by atoms with Gasteiger partial charge in [-0.25, -0.2) is 13.9 Å². The van der Waals surface area contributed by atoms with Crippen LogP contribution in [0.5, 0.6) is 0 Å². The second-order valence-corrected chi connectivity index (χ2v) is 10.7. The van der Waals surface area contributed by atoms with Crippen LogP contribution < -0.4 is 11.2 Å². The van der Waals surface area contributed by atoms with Gasteiger partial charge >= 0.3 is 21.3 Å². The van der Waals surface area contributed by atoms with Gasteiger partial charge in [-0.2, -0.15) is 4.31 Å². The van der Waals surface area contributed by atoms with Gasteiger partial charge in [0.1, 0.15) is 42.7 Å². The van der Waals surface area contributed by atoms with Crippen molar-refractivity contribution in [2.75, 3.05) is 13.2 Å². The summed E-state index contributed by atoms with van der Waals surface area (Å²) in [6, 6.07) is 0.928. The van der Waals surface area contributed by atoms with Crippen LogP contribution in [0.4, 0.5) is 0 Å². The molecule has 2 saturated heterocycles. The van der Waals surface area contributed by atoms with Crippen LogP contribution in [-0.2, 0) is 32.0 Å². The topological polar surface area (TPSA) is 297 Å². The molecule has 2 aliphatic rings. The van der Waals surface area contributed by atoms with Gasteiger partial charge in [-0.15, -0.1) is 0 Å². The number of nitrogens with one attached hydrogen (secondary N) is 1. The van der Waals surface area contributed by atoms with Crippen molar-refractivity contribution in [3.63, 3.8) is 0 Å². The number of aromatic nitrogens is 2. The van der Waals surface area contributed by atoms with E-state index in [1.54, 1.807) is 0 Å². The molecule has 1 aromatic heterocycles. The first-order valence-corrected chi connectivity index (χ1v) is 13.0. The highest BCUT2D eigenvalue weighted by atomic mass is 31.3. The lowest BCUT2D eigenvalue weighted by Gasteiger charge is -2.39. The summed E-state index contributed by atoms with van der Waals surface area (Å²) in [5.41, 5.74) is -1.75. The average molecular weight is 566 g/mol. The molecule has 2 fully saturated rings. The normalized spacial score (nSPS) is 38.4. The van der Waals surface area contributed by atoms with Crippen molar-refractivity contribution in [1.82, 2.24) is 9.55 Å². The Balaban J connectivity index is 1.61. The second kappa shape index (κ2) is 11.2. The Labute approximate surface area is 199 Å². The highest BCUT2D eigenvalue weighted by Gasteiger charge is 2.49. The van der Waals surface area contributed by atoms with E-state index < -0.39 is 95.4 Å². The standard InChI is InChI=1S/C15H24N2O17P2/c18-3-5-8(20)10(22)12(24)14(32-5)33-36(28,29)34-35(26,27)30-4-6-9(21)11(23)13(31-6)17-2-1-7(19)16-15(17)25/h1-2,5-6,8-14,18,20-24H,3-4H2,(H,26,27)(H,28,29)(H,16,19,25)/t5-,6-,8+,9-,10+,11-,12+,13-,14-/m1/s1. The van der Waals surface area contributed by atoms with Gasteiger partial charge in [-0.1, -0.05) is 0 Å². The Morgan fingerprint density at radius 2 is 1.56 bits per heavy atom. The number of aliphatic hydroxyl groups is 6. The Bertz CT molecular complexity index is 1120. The van der Waals surface area contributed by atoms with Gasteiger partial charge in [0.05, 0.1) is 13.2 Å². The van der Waals surface area contributed by atoms with E-state index in [2.05, 4.69) is 13.4 Å². The summed E-state index contributed by atoms with van der Waals surface area (Å²) in [4.78, 5) is 44.5. The molecule has 0 saturated carbocycles. The Hall–Kier alpha value is -1.38. The van der Waals surface area contributed by atoms with E-state index in [9.17, 15) is 54.0 Å². The first kappa shape index (κ1) is 29.2. The second-order valence-electron chi connectivity index (χ2n) is 7.68. The summed E-state index contributed by atoms with van der Waals surface area (Å²) < 4.78 is 48.1. The molecule has 3 heterocycles. The third kappa shape index (κ3) is 6.54. The molecule has 0 aromatic carbocycles. The van der Waals surface area contributed by atoms with Crippen molar-refractivity contribution >= 4 is 15.6 Å². The van der Waals surface area contributed by atoms with Crippen molar-refractivity contribution < 1.29 is 72.4 Å². The number of H-pyrrole nitrogens is 1. The van der Waals surface area contributed by atoms with Crippen LogP contribution in [0.25, 0.3) is 0 Å². The minimum atomic E-state index is -5.59. The maximum absolute atomic E-state index is 12.2. The minimum absolute atomic E-state index is 0.723. The van der Waals surface area contributed by atoms with Crippen LogP contribution >= 0.6 is 15.6 Å². The van der Waals surface area contributed by atoms with E-state index in [1.807, 2.05) is 4.98 Å². The Morgan fingerprint density at radius 3 is 2.17 bits per heavy atom. The summed E-state index contributed by atoms with van der Waals surface area (Å²) in [7, 11) is -11.1. The average Bonchev–Trinajstić information content (AvgIpc) is 3.06. The maximum Gasteiger partial charge on any atom is 0.483 e. The summed E-state index contributed by atoms with van der Waals surface area (Å²) in [6.07, 6.45) is -15.4. The van der Waals surface area contributed by atoms with Crippen molar-refractivity contribution in [1.29, 1.82) is 0 Å². The van der Waals surface area contributed by atoms with E-state index in [1.165, 1.54) is 0 Å². The first-order valence-electron chi connectivity index (χ1n) is 9.99. The fourth-order valence-electron chi connectivity index (χ4n) is 3.35. The quantitative estimate of drug-likeness (QED) is 0.127. The van der Waals surface area contributed by atoms with Crippen LogP contribution in [0.15, 0.2) is 21.9 Å². The summed E-state index contributed by atoms with van der Waals surface area (Å²) in [5, 5.41) is 58.6. The number of rotatable bonds is 9. The Kier molecular flexibility index (Phi) is 9.05. The number of hydrogen-bond acceptors (Lipinski definition) is 15. The monoisotopic (exact) mass is 566 g/mol. The highest BCUT2D eigenvalue weighted by Crippen LogP contribution is 2.61. The molecule has 0 aliphatic carbocycles. The molecular formula is C15H24N2O17P2. The zero-order valence-electron chi connectivity index (χ0n) is 17.9. The van der Waals surface area contributed by atoms with Gasteiger partial charge in [0.2, 0.25) is 0 Å². The molecule has 21 heteroatoms. The molecule has 0 radical (unpaired) electrons. The van der Waals surface area contributed by atoms with Gasteiger partial charge in [-0.3, -0.25) is 23.4 Å². The van der Waals surface area contributed by atoms with Crippen LogP contribution in [0, 0.1) is 0 Å². The fraction of sp³-hybridized carbons (Fsp3) is 0.733. The van der Waals surface area contributed by atoms with Crippen molar-refractivity contribution in [2.45, 2.75) is 55.2 Å². The summed E-state index contributed by atoms with van der Waals surface area (Å²) >= 11 is 0. The van der Waals surface area contributed by atoms with Gasteiger partial charge in [0.25, 0.3) is 5.56 Å². The number of aromatic amines is 1. The number of ether oxygens (including phenoxy) is 2. The van der Waals surface area contributed by atoms with Crippen molar-refractivity contribution in [3.05, 3.63) is 33.1 Å². The van der Waals surface area contributed by atoms with E-state index >= 15 is 0 Å². The van der Waals surface area contributed by atoms with E-state index in [0.717, 1.165) is 16.8 Å². The van der Waals surface area contributed by atoms with E-state index in [4.69, 9.17) is 14.6 Å². The lowest BCUT2D eigenvalue weighted by Crippen LogP contribution is -2.58. The molecule has 9 N–H and O–H groups in total. The summed E-state index contributed by atoms with van der Waals surface area (Å²) in [6.45, 7) is -1.93. The summed E-state index contributed by atoms with van der Waals surface area (Å²) in [5.74, 6) is 0. The van der Waals surface area contributed by atoms with E-state index in [-0.39, 0.29) is 0 Å². The van der Waals surface area contributed by atoms with E-state index in [0.29, 0.717) is 0 Å². The molecule has 0 amide bonds. The van der Waals surface area contributed by atoms with Crippen LogP contribution in [0.3, 0.4) is 0 Å². The molecule has 206 valence electrons. The van der Waals surface area contributed by atoms with Gasteiger partial charge in [-0.05, 0) is 0 Å². The maximum atomic E-state index is 12.2. The number of nitrogens with zero attached hydrogens (tertiary/aromatic N) is 1. The van der Waals surface area contributed by atoms with Crippen LogP contribution in [-0.4, -0.2) is 112 Å². The Morgan fingerprint density at radius 1 is 0.917 bits per heavy atom. The third-order valence-electron chi connectivity index (χ3n) is 5.16. The van der Waals surface area contributed by atoms with Crippen molar-refractivity contribution in [3.8, 4) is 0 Å². The van der Waals surface area contributed by atoms with Gasteiger partial charge in [0, 0.05) is 12.3 Å². The largest absolute Gasteiger partial charge is 0.483 e. The van der Waals surface area contributed by atoms with Crippen molar-refractivity contribution in [2.24, 2.45) is 0 Å². The fourth-order valence-corrected chi connectivity index (χ4v) is 5.51. The molecule has 2 unspecified atom stereocenters. The molecule has 36 heavy (non-hydrogen) atoms. The number of hydrogen-bond donors (Lipinski definition) is 9.